The van der Waals surface area contributed by atoms with Crippen molar-refractivity contribution in [2.45, 2.75) is 99.2 Å². The average Bonchev–Trinajstić information content (AvgIpc) is 3.98. The molecular weight excluding hydrogens is 863 g/mol. The summed E-state index contributed by atoms with van der Waals surface area (Å²) < 4.78 is 1.21. The molecule has 1 aliphatic heterocycles. The zero-order valence-electron chi connectivity index (χ0n) is 36.0. The summed E-state index contributed by atoms with van der Waals surface area (Å²) in [4.78, 5) is 0. The Morgan fingerprint density at radius 2 is 0.900 bits per heavy atom. The number of fused-ring (bicyclic) bond motifs is 5. The third kappa shape index (κ3) is 6.97. The van der Waals surface area contributed by atoms with Crippen LogP contribution >= 0.6 is 17.0 Å². The molecule has 2 atom stereocenters. The van der Waals surface area contributed by atoms with Gasteiger partial charge in [0.1, 0.15) is 0 Å². The van der Waals surface area contributed by atoms with Crippen molar-refractivity contribution < 1.29 is 16.4 Å². The van der Waals surface area contributed by atoms with Gasteiger partial charge in [-0.3, -0.25) is 0 Å². The monoisotopic (exact) mass is 919 g/mol. The molecule has 4 heteroatoms. The van der Waals surface area contributed by atoms with Crippen molar-refractivity contribution in [3.63, 3.8) is 0 Å². The standard InChI is InChI=1S/2C22H25.C12H9Si.2ClH.Zr/c2*1-3-5-10-17-15-19-12-8-14-21(22(19)16-17)20-13-7-6-11-18(20)9-4-2;1-3-7-11-9(5-1)10-6-2-4-8-12(10)13-11;;;/h2*6-8,11-16H,3-5,9-10H2,1-2H3;1-7H,13H2;2*1H;/q;;;;;+2/p-2. The summed E-state index contributed by atoms with van der Waals surface area (Å²) in [6, 6.07) is 48.5. The van der Waals surface area contributed by atoms with E-state index in [0.717, 1.165) is 64.2 Å². The number of hydrogen-bond acceptors (Lipinski definition) is 0. The summed E-state index contributed by atoms with van der Waals surface area (Å²) in [5.74, 6) is 0. The van der Waals surface area contributed by atoms with E-state index >= 15 is 0 Å². The van der Waals surface area contributed by atoms with E-state index in [4.69, 9.17) is 0 Å². The van der Waals surface area contributed by atoms with Crippen molar-refractivity contribution in [2.24, 2.45) is 0 Å². The quantitative estimate of drug-likeness (QED) is 0.0899. The zero-order chi connectivity index (χ0) is 41.5. The molecule has 0 saturated carbocycles. The third-order valence-electron chi connectivity index (χ3n) is 14.0. The normalized spacial score (nSPS) is 17.4. The fourth-order valence-electron chi connectivity index (χ4n) is 11.5. The Hall–Kier alpha value is -3.52. The molecule has 60 heavy (non-hydrogen) atoms. The summed E-state index contributed by atoms with van der Waals surface area (Å²) in [7, 11) is 18.0. The number of hydrogen-bond donors (Lipinski definition) is 0. The maximum atomic E-state index is 9.44. The fraction of sp³-hybridized carbons (Fsp3) is 0.286. The molecule has 6 aromatic rings. The number of unbranched alkanes of at least 4 members (excludes halogenated alkanes) is 2. The molecule has 3 aliphatic rings. The summed E-state index contributed by atoms with van der Waals surface area (Å²) >= 11 is -5.63. The summed E-state index contributed by atoms with van der Waals surface area (Å²) in [5.41, 5.74) is 19.2. The molecule has 2 aliphatic carbocycles. The van der Waals surface area contributed by atoms with E-state index < -0.39 is 25.9 Å². The van der Waals surface area contributed by atoms with Crippen LogP contribution in [0.5, 0.6) is 0 Å². The van der Waals surface area contributed by atoms with Crippen molar-refractivity contribution in [3.05, 3.63) is 172 Å². The number of allylic oxidation sites excluding steroid dienone is 2. The van der Waals surface area contributed by atoms with Gasteiger partial charge >= 0.3 is 373 Å². The van der Waals surface area contributed by atoms with E-state index in [1.807, 2.05) is 0 Å². The van der Waals surface area contributed by atoms with Crippen molar-refractivity contribution >= 4 is 52.3 Å². The average molecular weight is 922 g/mol. The molecule has 6 aromatic carbocycles. The first-order valence-electron chi connectivity index (χ1n) is 22.9. The first-order chi connectivity index (χ1) is 29.3. The first kappa shape index (κ1) is 41.8. The van der Waals surface area contributed by atoms with Gasteiger partial charge in [-0.15, -0.1) is 0 Å². The molecule has 0 spiro atoms. The number of halogens is 2. The molecule has 0 radical (unpaired) electrons. The Kier molecular flexibility index (Phi) is 12.1. The van der Waals surface area contributed by atoms with Crippen LogP contribution in [0, 0.1) is 0 Å². The van der Waals surface area contributed by atoms with Crippen molar-refractivity contribution in [1.29, 1.82) is 0 Å². The summed E-state index contributed by atoms with van der Waals surface area (Å²) in [6.07, 6.45) is 16.0. The van der Waals surface area contributed by atoms with Crippen LogP contribution in [0.3, 0.4) is 0 Å². The SMILES string of the molecule is CCCCC1=Cc2c(-c3ccccc3CCC)cccc2[CH]1[Zr]([Cl])([Cl])([c]1cccc2c1[SiH2]c1ccccc1-2)[CH]1C(CCCC)=Cc2c(-c3ccccc3CCC)cccc21. The van der Waals surface area contributed by atoms with E-state index in [1.165, 1.54) is 91.6 Å². The Labute approximate surface area is 370 Å². The van der Waals surface area contributed by atoms with Crippen molar-refractivity contribution in [2.75, 3.05) is 0 Å². The number of rotatable bonds is 15. The van der Waals surface area contributed by atoms with Gasteiger partial charge in [-0.1, -0.05) is 0 Å². The number of aryl methyl sites for hydroxylation is 2. The van der Waals surface area contributed by atoms with Crippen LogP contribution in [0.15, 0.2) is 139 Å². The van der Waals surface area contributed by atoms with Gasteiger partial charge < -0.3 is 0 Å². The fourth-order valence-corrected chi connectivity index (χ4v) is 39.4. The minimum absolute atomic E-state index is 0.0594. The topological polar surface area (TPSA) is 0 Å². The van der Waals surface area contributed by atoms with Gasteiger partial charge in [-0.05, 0) is 0 Å². The second kappa shape index (κ2) is 17.3. The van der Waals surface area contributed by atoms with Gasteiger partial charge in [0, 0.05) is 0 Å². The van der Waals surface area contributed by atoms with Crippen molar-refractivity contribution in [3.8, 4) is 33.4 Å². The molecule has 0 bridgehead atoms. The van der Waals surface area contributed by atoms with Crippen LogP contribution in [-0.4, -0.2) is 9.52 Å². The molecular formula is C56H59Cl2SiZr. The molecule has 305 valence electrons. The van der Waals surface area contributed by atoms with E-state index in [0.29, 0.717) is 0 Å². The Balaban J connectivity index is 1.36. The molecule has 1 heterocycles. The molecule has 0 N–H and O–H groups in total. The van der Waals surface area contributed by atoms with Crippen LogP contribution in [0.2, 0.25) is 0 Å². The predicted molar refractivity (Wildman–Crippen MR) is 263 cm³/mol. The minimum atomic E-state index is -5.63. The van der Waals surface area contributed by atoms with Gasteiger partial charge in [0.25, 0.3) is 0 Å². The Morgan fingerprint density at radius 3 is 1.42 bits per heavy atom. The van der Waals surface area contributed by atoms with Crippen LogP contribution < -0.4 is 13.6 Å². The third-order valence-corrected chi connectivity index (χ3v) is 36.8. The molecule has 0 aromatic heterocycles. The molecule has 0 nitrogen and oxygen atoms in total. The van der Waals surface area contributed by atoms with Crippen LogP contribution in [0.4, 0.5) is 0 Å². The molecule has 0 saturated heterocycles. The van der Waals surface area contributed by atoms with Crippen molar-refractivity contribution in [1.82, 2.24) is 0 Å². The van der Waals surface area contributed by atoms with Crippen LogP contribution in [-0.2, 0) is 29.2 Å². The van der Waals surface area contributed by atoms with Gasteiger partial charge in [0.2, 0.25) is 0 Å². The Bertz CT molecular complexity index is 2520. The summed E-state index contributed by atoms with van der Waals surface area (Å²) in [5, 5.41) is 3.01. The van der Waals surface area contributed by atoms with Crippen LogP contribution in [0.25, 0.3) is 45.5 Å². The first-order valence-corrected chi connectivity index (χ1v) is 34.7. The van der Waals surface area contributed by atoms with E-state index in [9.17, 15) is 17.0 Å². The Morgan fingerprint density at radius 1 is 0.450 bits per heavy atom. The second-order valence-corrected chi connectivity index (χ2v) is 40.2. The van der Waals surface area contributed by atoms with Gasteiger partial charge in [-0.2, -0.15) is 0 Å². The molecule has 9 rings (SSSR count). The second-order valence-electron chi connectivity index (χ2n) is 17.8. The molecule has 2 unspecified atom stereocenters. The number of benzene rings is 6. The van der Waals surface area contributed by atoms with Gasteiger partial charge in [-0.25, -0.2) is 0 Å². The maximum absolute atomic E-state index is 9.44. The molecule has 0 fully saturated rings. The van der Waals surface area contributed by atoms with Gasteiger partial charge in [0.15, 0.2) is 0 Å². The van der Waals surface area contributed by atoms with Gasteiger partial charge in [0.05, 0.1) is 0 Å². The zero-order valence-corrected chi connectivity index (χ0v) is 41.4. The molecule has 0 amide bonds. The van der Waals surface area contributed by atoms with Crippen LogP contribution in [0.1, 0.15) is 120 Å². The van der Waals surface area contributed by atoms with E-state index in [2.05, 4.69) is 167 Å². The summed E-state index contributed by atoms with van der Waals surface area (Å²) in [6.45, 7) is 9.22. The van der Waals surface area contributed by atoms with E-state index in [1.54, 1.807) is 0 Å². The van der Waals surface area contributed by atoms with E-state index in [-0.39, 0.29) is 7.25 Å². The predicted octanol–water partition coefficient (Wildman–Crippen LogP) is 14.3.